The summed E-state index contributed by atoms with van der Waals surface area (Å²) >= 11 is 0. The first-order valence-electron chi connectivity index (χ1n) is 3.41. The van der Waals surface area contributed by atoms with Crippen LogP contribution in [0.3, 0.4) is 0 Å². The van der Waals surface area contributed by atoms with Gasteiger partial charge in [0.15, 0.2) is 0 Å². The second-order valence-electron chi connectivity index (χ2n) is 2.12. The molecule has 0 unspecified atom stereocenters. The highest BCUT2D eigenvalue weighted by atomic mass is 14.0. The van der Waals surface area contributed by atoms with E-state index in [-0.39, 0.29) is 8.41 Å². The van der Waals surface area contributed by atoms with Gasteiger partial charge in [-0.1, -0.05) is 46.0 Å². The summed E-state index contributed by atoms with van der Waals surface area (Å²) in [6, 6.07) is 0. The molecule has 1 saturated carbocycles. The normalized spacial score (nSPS) is 14.2. The molecule has 0 bridgehead atoms. The number of hydrogen-bond acceptors (Lipinski definition) is 0. The first kappa shape index (κ1) is 10.9. The zero-order valence-corrected chi connectivity index (χ0v) is 6.24. The Balaban J connectivity index is 0. The summed E-state index contributed by atoms with van der Waals surface area (Å²) in [5.41, 5.74) is 0. The average molecular weight is 112 g/mol. The fourth-order valence-electron chi connectivity index (χ4n) is 0.250. The van der Waals surface area contributed by atoms with E-state index in [1.54, 1.807) is 0 Å². The molecule has 1 heteroatoms. The highest BCUT2D eigenvalue weighted by Gasteiger charge is 1.95. The Labute approximate surface area is 55.3 Å². The van der Waals surface area contributed by atoms with Crippen LogP contribution < -0.4 is 0 Å². The molecule has 8 heavy (non-hydrogen) atoms. The quantitative estimate of drug-likeness (QED) is 0.422. The van der Waals surface area contributed by atoms with Crippen LogP contribution in [0.5, 0.6) is 0 Å². The van der Waals surface area contributed by atoms with Crippen LogP contribution in [0.25, 0.3) is 0 Å². The van der Waals surface area contributed by atoms with Gasteiger partial charge < -0.3 is 0 Å². The molecule has 0 amide bonds. The van der Waals surface area contributed by atoms with Crippen LogP contribution in [0.1, 0.15) is 46.0 Å². The molecule has 0 N–H and O–H groups in total. The van der Waals surface area contributed by atoms with Crippen molar-refractivity contribution in [1.82, 2.24) is 0 Å². The summed E-state index contributed by atoms with van der Waals surface area (Å²) in [6.45, 7) is 4.25. The van der Waals surface area contributed by atoms with E-state index < -0.39 is 0 Å². The van der Waals surface area contributed by atoms with Crippen molar-refractivity contribution in [1.29, 1.82) is 0 Å². The second-order valence-corrected chi connectivity index (χ2v) is 2.12. The third kappa shape index (κ3) is 9.42. The minimum absolute atomic E-state index is 0. The predicted molar refractivity (Wildman–Crippen MR) is 41.6 cm³/mol. The Hall–Kier alpha value is 0.0649. The predicted octanol–water partition coefficient (Wildman–Crippen LogP) is 2.33. The van der Waals surface area contributed by atoms with Crippen molar-refractivity contribution in [3.63, 3.8) is 0 Å². The third-order valence-corrected chi connectivity index (χ3v) is 1.000. The fraction of sp³-hybridized carbons (Fsp3) is 1.00. The molecule has 0 aromatic heterocycles. The highest BCUT2D eigenvalue weighted by molar-refractivity contribution is 5.75. The van der Waals surface area contributed by atoms with Gasteiger partial charge >= 0.3 is 0 Å². The molecule has 1 aliphatic rings. The fourth-order valence-corrected chi connectivity index (χ4v) is 0.250. The molecule has 0 aliphatic heterocycles. The molecule has 0 spiro atoms. The lowest BCUT2D eigenvalue weighted by Crippen LogP contribution is -1.85. The van der Waals surface area contributed by atoms with Gasteiger partial charge in [-0.05, 0) is 0 Å². The molecule has 2 radical (unpaired) electrons. The minimum atomic E-state index is 0. The Morgan fingerprint density at radius 2 is 1.00 bits per heavy atom. The van der Waals surface area contributed by atoms with Gasteiger partial charge in [0.1, 0.15) is 0 Å². The van der Waals surface area contributed by atoms with Gasteiger partial charge in [0.2, 0.25) is 0 Å². The molecular formula is C7H17B. The summed E-state index contributed by atoms with van der Waals surface area (Å²) < 4.78 is 0. The first-order chi connectivity index (χ1) is 3.41. The van der Waals surface area contributed by atoms with Crippen molar-refractivity contribution in [2.75, 3.05) is 0 Å². The third-order valence-electron chi connectivity index (χ3n) is 1.000. The van der Waals surface area contributed by atoms with Gasteiger partial charge in [-0.3, -0.25) is 0 Å². The largest absolute Gasteiger partial charge is 0.0656 e. The molecule has 0 nitrogen and oxygen atoms in total. The lowest BCUT2D eigenvalue weighted by atomic mass is 10.0. The SMILES string of the molecule is C1CCC1.CCC.[BH]. The Kier molecular flexibility index (Phi) is 13.9. The van der Waals surface area contributed by atoms with Gasteiger partial charge in [0.25, 0.3) is 0 Å². The molecule has 1 rings (SSSR count). The number of rotatable bonds is 0. The van der Waals surface area contributed by atoms with Crippen LogP contribution in [0.4, 0.5) is 0 Å². The minimum Gasteiger partial charge on any atom is -0.0656 e. The van der Waals surface area contributed by atoms with Crippen molar-refractivity contribution in [3.8, 4) is 0 Å². The molecular weight excluding hydrogens is 94.9 g/mol. The zero-order valence-electron chi connectivity index (χ0n) is 6.24. The van der Waals surface area contributed by atoms with E-state index >= 15 is 0 Å². The van der Waals surface area contributed by atoms with Crippen molar-refractivity contribution >= 4 is 8.41 Å². The average Bonchev–Trinajstić information content (AvgIpc) is 1.27. The molecule has 0 aromatic carbocycles. The van der Waals surface area contributed by atoms with Crippen LogP contribution in [0.15, 0.2) is 0 Å². The van der Waals surface area contributed by atoms with Crippen molar-refractivity contribution < 1.29 is 0 Å². The van der Waals surface area contributed by atoms with Gasteiger partial charge in [-0.25, -0.2) is 0 Å². The maximum Gasteiger partial charge on any atom is 0.0379 e. The van der Waals surface area contributed by atoms with Crippen molar-refractivity contribution in [3.05, 3.63) is 0 Å². The van der Waals surface area contributed by atoms with E-state index in [1.165, 1.54) is 32.1 Å². The van der Waals surface area contributed by atoms with Crippen LogP contribution in [0.2, 0.25) is 0 Å². The maximum absolute atomic E-state index is 2.12. The van der Waals surface area contributed by atoms with Crippen LogP contribution >= 0.6 is 0 Å². The van der Waals surface area contributed by atoms with Crippen LogP contribution in [0, 0.1) is 0 Å². The molecule has 48 valence electrons. The molecule has 0 atom stereocenters. The van der Waals surface area contributed by atoms with Crippen LogP contribution in [-0.2, 0) is 0 Å². The van der Waals surface area contributed by atoms with E-state index in [1.807, 2.05) is 0 Å². The van der Waals surface area contributed by atoms with Gasteiger partial charge in [0.05, 0.1) is 0 Å². The van der Waals surface area contributed by atoms with E-state index in [0.29, 0.717) is 0 Å². The summed E-state index contributed by atoms with van der Waals surface area (Å²) in [5, 5.41) is 0. The standard InChI is InChI=1S/C4H8.C3H8.BH/c1-2-4-3-1;1-3-2;/h1-4H2;3H2,1-2H3;1H. The Morgan fingerprint density at radius 1 is 0.875 bits per heavy atom. The summed E-state index contributed by atoms with van der Waals surface area (Å²) in [7, 11) is 0. The lowest BCUT2D eigenvalue weighted by molar-refractivity contribution is 0.504. The summed E-state index contributed by atoms with van der Waals surface area (Å²) in [6.07, 6.45) is 7.25. The van der Waals surface area contributed by atoms with Crippen LogP contribution in [-0.4, -0.2) is 8.41 Å². The van der Waals surface area contributed by atoms with Crippen molar-refractivity contribution in [2.24, 2.45) is 0 Å². The van der Waals surface area contributed by atoms with Gasteiger partial charge in [-0.15, -0.1) is 0 Å². The molecule has 1 aliphatic carbocycles. The van der Waals surface area contributed by atoms with E-state index in [2.05, 4.69) is 13.8 Å². The summed E-state index contributed by atoms with van der Waals surface area (Å²) in [4.78, 5) is 0. The highest BCUT2D eigenvalue weighted by Crippen LogP contribution is 2.15. The van der Waals surface area contributed by atoms with E-state index in [4.69, 9.17) is 0 Å². The van der Waals surface area contributed by atoms with E-state index in [0.717, 1.165) is 0 Å². The smallest absolute Gasteiger partial charge is 0.0379 e. The summed E-state index contributed by atoms with van der Waals surface area (Å²) in [5.74, 6) is 0. The zero-order chi connectivity index (χ0) is 5.54. The molecule has 0 heterocycles. The topological polar surface area (TPSA) is 0 Å². The molecule has 0 aromatic rings. The van der Waals surface area contributed by atoms with Gasteiger partial charge in [0, 0.05) is 8.41 Å². The van der Waals surface area contributed by atoms with E-state index in [9.17, 15) is 0 Å². The molecule has 0 saturated heterocycles. The lowest BCUT2D eigenvalue weighted by Gasteiger charge is -2.05. The number of hydrogen-bond donors (Lipinski definition) is 0. The second kappa shape index (κ2) is 10.1. The first-order valence-corrected chi connectivity index (χ1v) is 3.41. The maximum atomic E-state index is 2.12. The van der Waals surface area contributed by atoms with Crippen molar-refractivity contribution in [2.45, 2.75) is 46.0 Å². The van der Waals surface area contributed by atoms with Gasteiger partial charge in [-0.2, -0.15) is 0 Å². The molecule has 1 fully saturated rings. The Morgan fingerprint density at radius 3 is 1.00 bits per heavy atom. The Bertz CT molecular complexity index is 19.6. The monoisotopic (exact) mass is 112 g/mol.